The van der Waals surface area contributed by atoms with Gasteiger partial charge in [0.1, 0.15) is 12.3 Å². The molecule has 0 fully saturated rings. The maximum atomic E-state index is 12.4. The summed E-state index contributed by atoms with van der Waals surface area (Å²) < 4.78 is 11.2. The monoisotopic (exact) mass is 368 g/mol. The van der Waals surface area contributed by atoms with Crippen LogP contribution in [0, 0.1) is 0 Å². The fourth-order valence-electron chi connectivity index (χ4n) is 2.89. The number of anilines is 1. The summed E-state index contributed by atoms with van der Waals surface area (Å²) in [5, 5.41) is 2.84. The van der Waals surface area contributed by atoms with E-state index in [1.54, 1.807) is 19.1 Å². The summed E-state index contributed by atoms with van der Waals surface area (Å²) in [6.45, 7) is 3.29. The Hall–Kier alpha value is -2.86. The van der Waals surface area contributed by atoms with Gasteiger partial charge in [0.25, 0.3) is 5.91 Å². The standard InChI is InChI=1S/C21H24N2O4/c1-16-21(25)23(18-10-5-6-11-19(18)27-16)14-20(24)22-12-7-13-26-15-17-8-3-2-4-9-17/h2-6,8-11,16H,7,12-15H2,1H3,(H,22,24). The molecule has 2 amide bonds. The average Bonchev–Trinajstić information content (AvgIpc) is 2.69. The van der Waals surface area contributed by atoms with Crippen LogP contribution in [0.1, 0.15) is 18.9 Å². The van der Waals surface area contributed by atoms with Gasteiger partial charge in [-0.1, -0.05) is 42.5 Å². The first-order valence-corrected chi connectivity index (χ1v) is 9.10. The number of carbonyl (C=O) groups excluding carboxylic acids is 2. The van der Waals surface area contributed by atoms with Crippen LogP contribution in [0.25, 0.3) is 0 Å². The van der Waals surface area contributed by atoms with E-state index in [0.717, 1.165) is 5.56 Å². The molecule has 3 rings (SSSR count). The van der Waals surface area contributed by atoms with Crippen molar-refractivity contribution in [2.24, 2.45) is 0 Å². The minimum absolute atomic E-state index is 0.0194. The first kappa shape index (κ1) is 18.9. The van der Waals surface area contributed by atoms with Crippen LogP contribution < -0.4 is 15.0 Å². The van der Waals surface area contributed by atoms with Crippen LogP contribution in [0.5, 0.6) is 5.75 Å². The number of amides is 2. The molecule has 2 aromatic carbocycles. The molecule has 1 aliphatic heterocycles. The summed E-state index contributed by atoms with van der Waals surface area (Å²) in [5.41, 5.74) is 1.75. The molecule has 1 atom stereocenters. The van der Waals surface area contributed by atoms with Gasteiger partial charge in [-0.3, -0.25) is 14.5 Å². The second-order valence-corrected chi connectivity index (χ2v) is 6.39. The minimum atomic E-state index is -0.598. The van der Waals surface area contributed by atoms with E-state index in [4.69, 9.17) is 9.47 Å². The van der Waals surface area contributed by atoms with E-state index in [2.05, 4.69) is 5.32 Å². The lowest BCUT2D eigenvalue weighted by Crippen LogP contribution is -2.48. The zero-order valence-corrected chi connectivity index (χ0v) is 15.4. The number of nitrogens with zero attached hydrogens (tertiary/aromatic N) is 1. The number of rotatable bonds is 8. The van der Waals surface area contributed by atoms with Crippen LogP contribution in [0.3, 0.4) is 0 Å². The van der Waals surface area contributed by atoms with Crippen molar-refractivity contribution < 1.29 is 19.1 Å². The Labute approximate surface area is 159 Å². The Morgan fingerprint density at radius 1 is 1.15 bits per heavy atom. The van der Waals surface area contributed by atoms with Gasteiger partial charge in [-0.2, -0.15) is 0 Å². The van der Waals surface area contributed by atoms with E-state index in [1.807, 2.05) is 42.5 Å². The molecule has 1 unspecified atom stereocenters. The average molecular weight is 368 g/mol. The molecule has 27 heavy (non-hydrogen) atoms. The van der Waals surface area contributed by atoms with Gasteiger partial charge in [-0.05, 0) is 31.0 Å². The quantitative estimate of drug-likeness (QED) is 0.727. The molecule has 0 saturated carbocycles. The van der Waals surface area contributed by atoms with Crippen LogP contribution in [0.15, 0.2) is 54.6 Å². The summed E-state index contributed by atoms with van der Waals surface area (Å²) >= 11 is 0. The molecule has 142 valence electrons. The SMILES string of the molecule is CC1Oc2ccccc2N(CC(=O)NCCCOCc2ccccc2)C1=O. The van der Waals surface area contributed by atoms with Crippen molar-refractivity contribution in [3.63, 3.8) is 0 Å². The number of ether oxygens (including phenoxy) is 2. The predicted octanol–water partition coefficient (Wildman–Crippen LogP) is 2.52. The molecule has 0 saturated heterocycles. The molecule has 0 bridgehead atoms. The summed E-state index contributed by atoms with van der Waals surface area (Å²) in [4.78, 5) is 26.1. The van der Waals surface area contributed by atoms with Crippen molar-refractivity contribution in [1.82, 2.24) is 5.32 Å². The number of hydrogen-bond donors (Lipinski definition) is 1. The zero-order valence-electron chi connectivity index (χ0n) is 15.4. The summed E-state index contributed by atoms with van der Waals surface area (Å²) in [5.74, 6) is 0.206. The number of hydrogen-bond acceptors (Lipinski definition) is 4. The van der Waals surface area contributed by atoms with E-state index in [1.165, 1.54) is 4.90 Å². The smallest absolute Gasteiger partial charge is 0.268 e. The number of para-hydroxylation sites is 2. The highest BCUT2D eigenvalue weighted by molar-refractivity contribution is 6.03. The van der Waals surface area contributed by atoms with Crippen molar-refractivity contribution in [3.8, 4) is 5.75 Å². The van der Waals surface area contributed by atoms with Crippen LogP contribution in [0.2, 0.25) is 0 Å². The van der Waals surface area contributed by atoms with Gasteiger partial charge in [0.05, 0.1) is 12.3 Å². The molecule has 0 radical (unpaired) electrons. The molecule has 1 N–H and O–H groups in total. The van der Waals surface area contributed by atoms with Gasteiger partial charge in [0, 0.05) is 13.2 Å². The molecule has 0 aromatic heterocycles. The molecular weight excluding hydrogens is 344 g/mol. The van der Waals surface area contributed by atoms with E-state index in [9.17, 15) is 9.59 Å². The Morgan fingerprint density at radius 2 is 1.89 bits per heavy atom. The van der Waals surface area contributed by atoms with Crippen LogP contribution in [0.4, 0.5) is 5.69 Å². The number of benzene rings is 2. The van der Waals surface area contributed by atoms with Crippen molar-refractivity contribution in [3.05, 3.63) is 60.2 Å². The first-order valence-electron chi connectivity index (χ1n) is 9.10. The lowest BCUT2D eigenvalue weighted by Gasteiger charge is -2.32. The molecule has 1 heterocycles. The molecule has 6 nitrogen and oxygen atoms in total. The topological polar surface area (TPSA) is 67.9 Å². The Morgan fingerprint density at radius 3 is 2.70 bits per heavy atom. The molecule has 1 aliphatic rings. The van der Waals surface area contributed by atoms with Crippen molar-refractivity contribution in [1.29, 1.82) is 0 Å². The maximum absolute atomic E-state index is 12.4. The van der Waals surface area contributed by atoms with Gasteiger partial charge in [-0.25, -0.2) is 0 Å². The molecule has 2 aromatic rings. The van der Waals surface area contributed by atoms with Crippen LogP contribution >= 0.6 is 0 Å². The molecule has 0 spiro atoms. The Bertz CT molecular complexity index is 779. The number of nitrogens with one attached hydrogen (secondary N) is 1. The zero-order chi connectivity index (χ0) is 19.1. The van der Waals surface area contributed by atoms with E-state index >= 15 is 0 Å². The van der Waals surface area contributed by atoms with E-state index in [0.29, 0.717) is 37.6 Å². The largest absolute Gasteiger partial charge is 0.479 e. The van der Waals surface area contributed by atoms with E-state index < -0.39 is 6.10 Å². The maximum Gasteiger partial charge on any atom is 0.268 e. The lowest BCUT2D eigenvalue weighted by molar-refractivity contribution is -0.128. The fraction of sp³-hybridized carbons (Fsp3) is 0.333. The van der Waals surface area contributed by atoms with Gasteiger partial charge in [0.15, 0.2) is 6.10 Å². The number of fused-ring (bicyclic) bond motifs is 1. The molecule has 6 heteroatoms. The first-order chi connectivity index (χ1) is 13.1. The van der Waals surface area contributed by atoms with Crippen LogP contribution in [-0.4, -0.2) is 37.6 Å². The van der Waals surface area contributed by atoms with E-state index in [-0.39, 0.29) is 18.4 Å². The van der Waals surface area contributed by atoms with Gasteiger partial charge >= 0.3 is 0 Å². The third kappa shape index (κ3) is 5.08. The van der Waals surface area contributed by atoms with Crippen LogP contribution in [-0.2, 0) is 20.9 Å². The third-order valence-electron chi connectivity index (χ3n) is 4.27. The highest BCUT2D eigenvalue weighted by Crippen LogP contribution is 2.33. The van der Waals surface area contributed by atoms with Crippen molar-refractivity contribution in [2.75, 3.05) is 24.6 Å². The van der Waals surface area contributed by atoms with Gasteiger partial charge < -0.3 is 14.8 Å². The number of carbonyl (C=O) groups is 2. The summed E-state index contributed by atoms with van der Waals surface area (Å²) in [7, 11) is 0. The molecular formula is C21H24N2O4. The second-order valence-electron chi connectivity index (χ2n) is 6.39. The third-order valence-corrected chi connectivity index (χ3v) is 4.27. The Kier molecular flexibility index (Phi) is 6.44. The molecule has 0 aliphatic carbocycles. The summed E-state index contributed by atoms with van der Waals surface area (Å²) in [6.07, 6.45) is 0.113. The Balaban J connectivity index is 1.41. The fourth-order valence-corrected chi connectivity index (χ4v) is 2.89. The highest BCUT2D eigenvalue weighted by Gasteiger charge is 2.32. The highest BCUT2D eigenvalue weighted by atomic mass is 16.5. The predicted molar refractivity (Wildman–Crippen MR) is 103 cm³/mol. The second kappa shape index (κ2) is 9.19. The normalized spacial score (nSPS) is 15.8. The minimum Gasteiger partial charge on any atom is -0.479 e. The lowest BCUT2D eigenvalue weighted by atomic mass is 10.2. The van der Waals surface area contributed by atoms with Crippen molar-refractivity contribution >= 4 is 17.5 Å². The van der Waals surface area contributed by atoms with Gasteiger partial charge in [-0.15, -0.1) is 0 Å². The summed E-state index contributed by atoms with van der Waals surface area (Å²) in [6, 6.07) is 17.2. The van der Waals surface area contributed by atoms with Crippen molar-refractivity contribution in [2.45, 2.75) is 26.1 Å². The van der Waals surface area contributed by atoms with Gasteiger partial charge in [0.2, 0.25) is 5.91 Å².